The number of methoxy groups -OCH3 is 1. The van der Waals surface area contributed by atoms with E-state index >= 15 is 0 Å². The normalized spacial score (nSPS) is 13.7. The summed E-state index contributed by atoms with van der Waals surface area (Å²) in [7, 11) is 1.33. The minimum absolute atomic E-state index is 0.372. The molecule has 0 aromatic carbocycles. The lowest BCUT2D eigenvalue weighted by Gasteiger charge is -2.16. The second-order valence-corrected chi connectivity index (χ2v) is 2.08. The molecular weight excluding hydrogens is 164 g/mol. The number of ether oxygens (including phenoxy) is 1. The van der Waals surface area contributed by atoms with Crippen molar-refractivity contribution in [3.8, 4) is 0 Å². The van der Waals surface area contributed by atoms with Crippen LogP contribution in [0.5, 0.6) is 0 Å². The summed E-state index contributed by atoms with van der Waals surface area (Å²) in [6.45, 7) is 3.97. The summed E-state index contributed by atoms with van der Waals surface area (Å²) in [6.07, 6.45) is 0.833. The van der Waals surface area contributed by atoms with Gasteiger partial charge in [-0.05, 0) is 6.92 Å². The van der Waals surface area contributed by atoms with Crippen LogP contribution in [0, 0.1) is 0 Å². The molecule has 3 N–H and O–H groups in total. The Morgan fingerprint density at radius 3 is 2.08 bits per heavy atom. The maximum absolute atomic E-state index is 9.25. The zero-order valence-electron chi connectivity index (χ0n) is 7.15. The van der Waals surface area contributed by atoms with Crippen molar-refractivity contribution in [2.24, 2.45) is 0 Å². The van der Waals surface area contributed by atoms with E-state index in [1.165, 1.54) is 14.0 Å². The lowest BCUT2D eigenvalue weighted by atomic mass is 10.4. The fourth-order valence-electron chi connectivity index (χ4n) is 0.0645. The van der Waals surface area contributed by atoms with E-state index in [-0.39, 0.29) is 6.61 Å². The lowest BCUT2D eigenvalue weighted by molar-refractivity contribution is -0.193. The van der Waals surface area contributed by atoms with Gasteiger partial charge in [-0.1, -0.05) is 6.58 Å². The average molecular weight is 178 g/mol. The minimum atomic E-state index is -1.36. The summed E-state index contributed by atoms with van der Waals surface area (Å²) in [4.78, 5) is 9.25. The molecule has 0 saturated heterocycles. The third-order valence-corrected chi connectivity index (χ3v) is 0.908. The third kappa shape index (κ3) is 11.8. The van der Waals surface area contributed by atoms with Gasteiger partial charge in [-0.3, -0.25) is 0 Å². The van der Waals surface area contributed by atoms with Crippen molar-refractivity contribution in [2.75, 3.05) is 13.7 Å². The molecule has 5 heteroatoms. The second kappa shape index (κ2) is 6.78. The lowest BCUT2D eigenvalue weighted by Crippen LogP contribution is -2.30. The first-order valence-corrected chi connectivity index (χ1v) is 3.13. The van der Waals surface area contributed by atoms with Gasteiger partial charge in [0.25, 0.3) is 0 Å². The molecule has 0 heterocycles. The van der Waals surface area contributed by atoms with Gasteiger partial charge in [-0.15, -0.1) is 0 Å². The Bertz CT molecular complexity index is 135. The predicted molar refractivity (Wildman–Crippen MR) is 42.6 cm³/mol. The fourth-order valence-corrected chi connectivity index (χ4v) is 0.0645. The molecule has 0 aliphatic carbocycles. The number of rotatable bonds is 3. The summed E-state index contributed by atoms with van der Waals surface area (Å²) in [6, 6.07) is 0. The molecule has 0 rings (SSSR count). The summed E-state index contributed by atoms with van der Waals surface area (Å²) in [5.41, 5.74) is 0. The van der Waals surface area contributed by atoms with E-state index < -0.39 is 11.8 Å². The monoisotopic (exact) mass is 178 g/mol. The van der Waals surface area contributed by atoms with Crippen molar-refractivity contribution in [3.05, 3.63) is 12.7 Å². The Kier molecular flexibility index (Phi) is 7.72. The van der Waals surface area contributed by atoms with Crippen LogP contribution >= 0.6 is 0 Å². The maximum atomic E-state index is 9.25. The Balaban J connectivity index is 0. The topological polar surface area (TPSA) is 87.0 Å². The quantitative estimate of drug-likeness (QED) is 0.404. The van der Waals surface area contributed by atoms with Crippen molar-refractivity contribution in [3.63, 3.8) is 0 Å². The van der Waals surface area contributed by atoms with Gasteiger partial charge in [-0.2, -0.15) is 0 Å². The van der Waals surface area contributed by atoms with E-state index in [9.17, 15) is 4.79 Å². The van der Waals surface area contributed by atoms with Crippen LogP contribution in [0.1, 0.15) is 6.92 Å². The van der Waals surface area contributed by atoms with Crippen molar-refractivity contribution < 1.29 is 24.9 Å². The van der Waals surface area contributed by atoms with Gasteiger partial charge in [0.05, 0.1) is 6.61 Å². The molecule has 0 aromatic rings. The fraction of sp³-hybridized carbons (Fsp3) is 0.571. The van der Waals surface area contributed by atoms with E-state index in [0.29, 0.717) is 0 Å². The molecule has 0 radical (unpaired) electrons. The molecule has 12 heavy (non-hydrogen) atoms. The zero-order chi connectivity index (χ0) is 10.2. The third-order valence-electron chi connectivity index (χ3n) is 0.908. The molecule has 1 atom stereocenters. The van der Waals surface area contributed by atoms with Gasteiger partial charge in [0.15, 0.2) is 5.79 Å². The van der Waals surface area contributed by atoms with Crippen LogP contribution in [0.15, 0.2) is 12.7 Å². The minimum Gasteiger partial charge on any atom is -0.478 e. The van der Waals surface area contributed by atoms with E-state index in [4.69, 9.17) is 15.3 Å². The van der Waals surface area contributed by atoms with Crippen LogP contribution in [-0.4, -0.2) is 40.8 Å². The highest BCUT2D eigenvalue weighted by atomic mass is 16.6. The Hall–Kier alpha value is -0.910. The van der Waals surface area contributed by atoms with Crippen LogP contribution in [0.3, 0.4) is 0 Å². The molecule has 0 aliphatic rings. The first-order valence-electron chi connectivity index (χ1n) is 3.13. The maximum Gasteiger partial charge on any atom is 0.327 e. The van der Waals surface area contributed by atoms with E-state index in [1.54, 1.807) is 0 Å². The Morgan fingerprint density at radius 2 is 2.08 bits per heavy atom. The van der Waals surface area contributed by atoms with Crippen LogP contribution in [0.2, 0.25) is 0 Å². The van der Waals surface area contributed by atoms with Crippen LogP contribution in [0.4, 0.5) is 0 Å². The van der Waals surface area contributed by atoms with Gasteiger partial charge in [0.2, 0.25) is 0 Å². The zero-order valence-corrected chi connectivity index (χ0v) is 7.15. The number of aliphatic hydroxyl groups is 2. The van der Waals surface area contributed by atoms with Gasteiger partial charge in [0.1, 0.15) is 0 Å². The number of hydrogen-bond acceptors (Lipinski definition) is 4. The molecule has 0 aromatic heterocycles. The first kappa shape index (κ1) is 13.7. The van der Waals surface area contributed by atoms with Gasteiger partial charge in [-0.25, -0.2) is 4.79 Å². The summed E-state index contributed by atoms with van der Waals surface area (Å²) in [5.74, 6) is -2.34. The van der Waals surface area contributed by atoms with Gasteiger partial charge in [0, 0.05) is 13.2 Å². The number of carboxylic acid groups (broad SMARTS) is 1. The molecule has 5 nitrogen and oxygen atoms in total. The number of aliphatic hydroxyl groups excluding tert-OH is 1. The molecule has 72 valence electrons. The SMILES string of the molecule is C=CC(=O)O.COC(C)(O)CO. The summed E-state index contributed by atoms with van der Waals surface area (Å²) in [5, 5.41) is 24.5. The average Bonchev–Trinajstić information content (AvgIpc) is 2.05. The molecule has 0 bridgehead atoms. The molecule has 1 unspecified atom stereocenters. The smallest absolute Gasteiger partial charge is 0.327 e. The second-order valence-electron chi connectivity index (χ2n) is 2.08. The van der Waals surface area contributed by atoms with Crippen LogP contribution < -0.4 is 0 Å². The van der Waals surface area contributed by atoms with Crippen LogP contribution in [-0.2, 0) is 9.53 Å². The highest BCUT2D eigenvalue weighted by molar-refractivity contribution is 5.78. The highest BCUT2D eigenvalue weighted by Gasteiger charge is 2.15. The van der Waals surface area contributed by atoms with Crippen molar-refractivity contribution in [1.82, 2.24) is 0 Å². The first-order chi connectivity index (χ1) is 5.39. The predicted octanol–water partition coefficient (Wildman–Crippen LogP) is -0.409. The van der Waals surface area contributed by atoms with Crippen LogP contribution in [0.25, 0.3) is 0 Å². The number of hydrogen-bond donors (Lipinski definition) is 3. The largest absolute Gasteiger partial charge is 0.478 e. The standard InChI is InChI=1S/C4H10O3.C3H4O2/c1-4(6,3-5)7-2;1-2-3(4)5/h5-6H,3H2,1-2H3;2H,1H2,(H,4,5). The molecule has 0 spiro atoms. The van der Waals surface area contributed by atoms with Crippen molar-refractivity contribution in [1.29, 1.82) is 0 Å². The summed E-state index contributed by atoms with van der Waals surface area (Å²) >= 11 is 0. The Labute approximate surface area is 70.9 Å². The molecular formula is C7H14O5. The molecule has 0 saturated carbocycles. The molecule has 0 aliphatic heterocycles. The summed E-state index contributed by atoms with van der Waals surface area (Å²) < 4.78 is 4.39. The van der Waals surface area contributed by atoms with Crippen molar-refractivity contribution >= 4 is 5.97 Å². The number of carboxylic acids is 1. The Morgan fingerprint density at radius 1 is 1.75 bits per heavy atom. The molecule has 0 amide bonds. The van der Waals surface area contributed by atoms with Gasteiger partial charge < -0.3 is 20.1 Å². The van der Waals surface area contributed by atoms with E-state index in [0.717, 1.165) is 6.08 Å². The highest BCUT2D eigenvalue weighted by Crippen LogP contribution is 1.98. The van der Waals surface area contributed by atoms with Gasteiger partial charge >= 0.3 is 5.97 Å². The van der Waals surface area contributed by atoms with E-state index in [1.807, 2.05) is 0 Å². The number of aliphatic carboxylic acids is 1. The van der Waals surface area contributed by atoms with E-state index in [2.05, 4.69) is 11.3 Å². The number of carbonyl (C=O) groups is 1. The van der Waals surface area contributed by atoms with Crippen molar-refractivity contribution in [2.45, 2.75) is 12.7 Å². The molecule has 0 fully saturated rings.